The van der Waals surface area contributed by atoms with E-state index in [1.165, 1.54) is 38.5 Å². The van der Waals surface area contributed by atoms with Crippen molar-refractivity contribution in [3.63, 3.8) is 0 Å². The number of piperidine rings is 1. The average Bonchev–Trinajstić information content (AvgIpc) is 3.02. The van der Waals surface area contributed by atoms with Gasteiger partial charge in [-0.3, -0.25) is 0 Å². The molecule has 2 unspecified atom stereocenters. The van der Waals surface area contributed by atoms with Crippen LogP contribution >= 0.6 is 0 Å². The van der Waals surface area contributed by atoms with Gasteiger partial charge >= 0.3 is 0 Å². The van der Waals surface area contributed by atoms with E-state index in [0.29, 0.717) is 11.9 Å². The lowest BCUT2D eigenvalue weighted by molar-refractivity contribution is 0.243. The predicted octanol–water partition coefficient (Wildman–Crippen LogP) is 2.17. The Bertz CT molecular complexity index is 634. The predicted molar refractivity (Wildman–Crippen MR) is 83.1 cm³/mol. The topological polar surface area (TPSA) is 71.5 Å². The molecule has 1 saturated carbocycles. The first-order valence-corrected chi connectivity index (χ1v) is 7.94. The highest BCUT2D eigenvalue weighted by Crippen LogP contribution is 2.38. The van der Waals surface area contributed by atoms with Crippen LogP contribution in [-0.4, -0.2) is 27.0 Å². The number of hydrogen-bond acceptors (Lipinski definition) is 5. The molecule has 0 radical (unpaired) electrons. The van der Waals surface area contributed by atoms with E-state index in [1.54, 1.807) is 0 Å². The van der Waals surface area contributed by atoms with Gasteiger partial charge in [-0.25, -0.2) is 15.8 Å². The number of hydrogen-bond donors (Lipinski definition) is 2. The molecule has 6 heteroatoms. The lowest BCUT2D eigenvalue weighted by Crippen LogP contribution is -2.47. The third-order valence-electron chi connectivity index (χ3n) is 5.02. The Hall–Kier alpha value is -1.82. The highest BCUT2D eigenvalue weighted by Gasteiger charge is 2.35. The molecule has 2 aromatic rings. The minimum atomic E-state index is 0.619. The van der Waals surface area contributed by atoms with E-state index >= 15 is 0 Å². The van der Waals surface area contributed by atoms with Crippen molar-refractivity contribution in [3.8, 4) is 0 Å². The van der Waals surface area contributed by atoms with Crippen molar-refractivity contribution in [3.05, 3.63) is 18.6 Å². The second-order valence-corrected chi connectivity index (χ2v) is 6.20. The second kappa shape index (κ2) is 5.18. The molecule has 0 bridgehead atoms. The van der Waals surface area contributed by atoms with Crippen LogP contribution in [0.3, 0.4) is 0 Å². The standard InChI is InChI=1S/C15H22N6/c16-19-13-10-20-9-7-17-14(20)15(18-13)21-8-3-5-11-4-1-2-6-12(11)21/h7,9-12,19H,1-6,8,16H2. The number of nitrogens with zero attached hydrogens (tertiary/aromatic N) is 4. The van der Waals surface area contributed by atoms with Gasteiger partial charge in [-0.1, -0.05) is 12.8 Å². The van der Waals surface area contributed by atoms with Crippen molar-refractivity contribution in [2.24, 2.45) is 11.8 Å². The van der Waals surface area contributed by atoms with Gasteiger partial charge in [0.2, 0.25) is 0 Å². The number of nitrogen functional groups attached to an aromatic ring is 1. The smallest absolute Gasteiger partial charge is 0.180 e. The van der Waals surface area contributed by atoms with Gasteiger partial charge in [0.05, 0.1) is 6.20 Å². The number of hydrazine groups is 1. The fraction of sp³-hybridized carbons (Fsp3) is 0.600. The molecular weight excluding hydrogens is 264 g/mol. The van der Waals surface area contributed by atoms with Gasteiger partial charge < -0.3 is 14.7 Å². The van der Waals surface area contributed by atoms with Crippen LogP contribution in [0.15, 0.2) is 18.6 Å². The van der Waals surface area contributed by atoms with Gasteiger partial charge in [-0.15, -0.1) is 0 Å². The Kier molecular flexibility index (Phi) is 3.18. The molecule has 0 aromatic carbocycles. The van der Waals surface area contributed by atoms with Crippen LogP contribution in [-0.2, 0) is 0 Å². The van der Waals surface area contributed by atoms with Gasteiger partial charge in [-0.05, 0) is 31.6 Å². The molecule has 0 spiro atoms. The van der Waals surface area contributed by atoms with Crippen molar-refractivity contribution < 1.29 is 0 Å². The van der Waals surface area contributed by atoms with Crippen LogP contribution in [0.4, 0.5) is 11.6 Å². The van der Waals surface area contributed by atoms with Crippen molar-refractivity contribution in [2.45, 2.75) is 44.6 Å². The van der Waals surface area contributed by atoms with Crippen LogP contribution in [0.5, 0.6) is 0 Å². The lowest BCUT2D eigenvalue weighted by Gasteiger charge is -2.44. The second-order valence-electron chi connectivity index (χ2n) is 6.20. The van der Waals surface area contributed by atoms with E-state index in [9.17, 15) is 0 Å². The molecule has 2 atom stereocenters. The summed E-state index contributed by atoms with van der Waals surface area (Å²) in [5, 5.41) is 0. The quantitative estimate of drug-likeness (QED) is 0.654. The van der Waals surface area contributed by atoms with Crippen molar-refractivity contribution in [1.29, 1.82) is 0 Å². The zero-order valence-corrected chi connectivity index (χ0v) is 12.2. The molecule has 2 fully saturated rings. The van der Waals surface area contributed by atoms with E-state index < -0.39 is 0 Å². The van der Waals surface area contributed by atoms with E-state index in [1.807, 2.05) is 23.0 Å². The summed E-state index contributed by atoms with van der Waals surface area (Å²) in [6, 6.07) is 0.619. The third kappa shape index (κ3) is 2.14. The normalized spacial score (nSPS) is 25.9. The van der Waals surface area contributed by atoms with Gasteiger partial charge in [0.15, 0.2) is 17.3 Å². The fourth-order valence-corrected chi connectivity index (χ4v) is 4.07. The summed E-state index contributed by atoms with van der Waals surface area (Å²) in [6.07, 6.45) is 13.6. The monoisotopic (exact) mass is 286 g/mol. The molecule has 3 heterocycles. The summed E-state index contributed by atoms with van der Waals surface area (Å²) in [6.45, 7) is 1.07. The number of aromatic nitrogens is 3. The van der Waals surface area contributed by atoms with E-state index in [4.69, 9.17) is 10.8 Å². The maximum absolute atomic E-state index is 5.58. The van der Waals surface area contributed by atoms with Crippen molar-refractivity contribution >= 4 is 17.3 Å². The summed E-state index contributed by atoms with van der Waals surface area (Å²) >= 11 is 0. The molecule has 112 valence electrons. The minimum absolute atomic E-state index is 0.619. The molecule has 4 rings (SSSR count). The number of nitrogens with one attached hydrogen (secondary N) is 1. The molecule has 2 aromatic heterocycles. The highest BCUT2D eigenvalue weighted by molar-refractivity contribution is 5.67. The molecule has 0 amide bonds. The van der Waals surface area contributed by atoms with Gasteiger partial charge in [0.25, 0.3) is 0 Å². The molecular formula is C15H22N6. The van der Waals surface area contributed by atoms with E-state index in [2.05, 4.69) is 15.3 Å². The Morgan fingerprint density at radius 1 is 1.19 bits per heavy atom. The van der Waals surface area contributed by atoms with Crippen LogP contribution < -0.4 is 16.2 Å². The maximum Gasteiger partial charge on any atom is 0.180 e. The Morgan fingerprint density at radius 2 is 2.05 bits per heavy atom. The van der Waals surface area contributed by atoms with E-state index in [0.717, 1.165) is 23.9 Å². The Balaban J connectivity index is 1.78. The number of nitrogens with two attached hydrogens (primary N) is 1. The van der Waals surface area contributed by atoms with Crippen LogP contribution in [0.2, 0.25) is 0 Å². The van der Waals surface area contributed by atoms with Crippen LogP contribution in [0.1, 0.15) is 38.5 Å². The number of imidazole rings is 1. The molecule has 2 aliphatic rings. The summed E-state index contributed by atoms with van der Waals surface area (Å²) in [4.78, 5) is 11.7. The van der Waals surface area contributed by atoms with Crippen LogP contribution in [0.25, 0.3) is 5.65 Å². The summed E-state index contributed by atoms with van der Waals surface area (Å²) in [5.74, 6) is 8.06. The van der Waals surface area contributed by atoms with Crippen LogP contribution in [0, 0.1) is 5.92 Å². The third-order valence-corrected chi connectivity index (χ3v) is 5.02. The van der Waals surface area contributed by atoms with Crippen molar-refractivity contribution in [2.75, 3.05) is 16.9 Å². The zero-order valence-electron chi connectivity index (χ0n) is 12.2. The lowest BCUT2D eigenvalue weighted by atomic mass is 9.78. The number of rotatable bonds is 2. The van der Waals surface area contributed by atoms with Gasteiger partial charge in [0, 0.05) is 25.0 Å². The van der Waals surface area contributed by atoms with E-state index in [-0.39, 0.29) is 0 Å². The number of anilines is 2. The first-order valence-electron chi connectivity index (χ1n) is 7.94. The molecule has 1 saturated heterocycles. The SMILES string of the molecule is NNc1cn2ccnc2c(N2CCCC3CCCCC32)n1. The Labute approximate surface area is 124 Å². The molecule has 1 aliphatic heterocycles. The average molecular weight is 286 g/mol. The number of fused-ring (bicyclic) bond motifs is 2. The summed E-state index contributed by atoms with van der Waals surface area (Å²) in [5.41, 5.74) is 3.60. The zero-order chi connectivity index (χ0) is 14.2. The summed E-state index contributed by atoms with van der Waals surface area (Å²) < 4.78 is 2.00. The Morgan fingerprint density at radius 3 is 2.95 bits per heavy atom. The van der Waals surface area contributed by atoms with Gasteiger partial charge in [-0.2, -0.15) is 0 Å². The van der Waals surface area contributed by atoms with Gasteiger partial charge in [0.1, 0.15) is 0 Å². The van der Waals surface area contributed by atoms with Crippen molar-refractivity contribution in [1.82, 2.24) is 14.4 Å². The highest BCUT2D eigenvalue weighted by atomic mass is 15.3. The largest absolute Gasteiger partial charge is 0.350 e. The first kappa shape index (κ1) is 12.9. The molecule has 21 heavy (non-hydrogen) atoms. The first-order chi connectivity index (χ1) is 10.4. The molecule has 3 N–H and O–H groups in total. The minimum Gasteiger partial charge on any atom is -0.350 e. The maximum atomic E-state index is 5.58. The molecule has 1 aliphatic carbocycles. The fourth-order valence-electron chi connectivity index (χ4n) is 4.07. The summed E-state index contributed by atoms with van der Waals surface area (Å²) in [7, 11) is 0. The molecule has 6 nitrogen and oxygen atoms in total.